The predicted octanol–water partition coefficient (Wildman–Crippen LogP) is 4.18. The zero-order valence-electron chi connectivity index (χ0n) is 9.86. The fraction of sp³-hybridized carbons (Fsp3) is 0.308. The average molecular weight is 237 g/mol. The van der Waals surface area contributed by atoms with E-state index in [2.05, 4.69) is 11.9 Å². The lowest BCUT2D eigenvalue weighted by Gasteiger charge is -2.12. The van der Waals surface area contributed by atoms with Gasteiger partial charge in [0.05, 0.1) is 10.7 Å². The minimum absolute atomic E-state index is 0.272. The molecule has 0 heterocycles. The maximum absolute atomic E-state index is 13.7. The van der Waals surface area contributed by atoms with Crippen molar-refractivity contribution < 1.29 is 4.39 Å². The molecule has 0 aliphatic rings. The SMILES string of the molecule is C=C(C)c1cc(NC(C)=S)c(F)cc1CC. The molecule has 3 heteroatoms. The summed E-state index contributed by atoms with van der Waals surface area (Å²) in [5.74, 6) is -0.272. The lowest BCUT2D eigenvalue weighted by Crippen LogP contribution is -2.07. The highest BCUT2D eigenvalue weighted by Crippen LogP contribution is 2.25. The maximum atomic E-state index is 13.7. The Hall–Kier alpha value is -1.22. The second-order valence-corrected chi connectivity index (χ2v) is 4.42. The van der Waals surface area contributed by atoms with Crippen molar-refractivity contribution in [3.05, 3.63) is 35.7 Å². The van der Waals surface area contributed by atoms with Gasteiger partial charge in [0.15, 0.2) is 0 Å². The Morgan fingerprint density at radius 3 is 2.50 bits per heavy atom. The van der Waals surface area contributed by atoms with Gasteiger partial charge in [0.25, 0.3) is 0 Å². The van der Waals surface area contributed by atoms with Gasteiger partial charge in [-0.25, -0.2) is 4.39 Å². The Morgan fingerprint density at radius 1 is 1.44 bits per heavy atom. The van der Waals surface area contributed by atoms with Crippen molar-refractivity contribution >= 4 is 28.5 Å². The van der Waals surface area contributed by atoms with E-state index in [1.807, 2.05) is 13.8 Å². The van der Waals surface area contributed by atoms with E-state index < -0.39 is 0 Å². The van der Waals surface area contributed by atoms with Crippen LogP contribution in [-0.2, 0) is 6.42 Å². The monoisotopic (exact) mass is 237 g/mol. The molecule has 0 fully saturated rings. The Labute approximate surface area is 101 Å². The summed E-state index contributed by atoms with van der Waals surface area (Å²) < 4.78 is 13.7. The van der Waals surface area contributed by atoms with Crippen LogP contribution in [0.3, 0.4) is 0 Å². The fourth-order valence-corrected chi connectivity index (χ4v) is 1.70. The van der Waals surface area contributed by atoms with Crippen LogP contribution in [0.2, 0.25) is 0 Å². The van der Waals surface area contributed by atoms with Crippen molar-refractivity contribution in [3.63, 3.8) is 0 Å². The molecule has 0 unspecified atom stereocenters. The summed E-state index contributed by atoms with van der Waals surface area (Å²) in [5, 5.41) is 2.83. The molecule has 1 rings (SSSR count). The van der Waals surface area contributed by atoms with Crippen LogP contribution in [-0.4, -0.2) is 4.99 Å². The highest BCUT2D eigenvalue weighted by atomic mass is 32.1. The normalized spacial score (nSPS) is 10.0. The zero-order valence-corrected chi connectivity index (χ0v) is 10.7. The minimum Gasteiger partial charge on any atom is -0.348 e. The number of rotatable bonds is 3. The standard InChI is InChI=1S/C13H16FNS/c1-5-10-6-12(14)13(15-9(4)16)7-11(10)8(2)3/h6-7H,2,5H2,1,3-4H3,(H,15,16). The first-order valence-corrected chi connectivity index (χ1v) is 5.62. The largest absolute Gasteiger partial charge is 0.348 e. The maximum Gasteiger partial charge on any atom is 0.146 e. The van der Waals surface area contributed by atoms with Crippen LogP contribution < -0.4 is 5.32 Å². The zero-order chi connectivity index (χ0) is 12.3. The van der Waals surface area contributed by atoms with E-state index in [1.54, 1.807) is 19.1 Å². The van der Waals surface area contributed by atoms with Gasteiger partial charge < -0.3 is 5.32 Å². The van der Waals surface area contributed by atoms with Crippen molar-refractivity contribution in [1.29, 1.82) is 0 Å². The Kier molecular flexibility index (Phi) is 4.19. The lowest BCUT2D eigenvalue weighted by atomic mass is 9.99. The highest BCUT2D eigenvalue weighted by molar-refractivity contribution is 7.80. The van der Waals surface area contributed by atoms with Gasteiger partial charge in [-0.2, -0.15) is 0 Å². The van der Waals surface area contributed by atoms with Crippen molar-refractivity contribution in [2.24, 2.45) is 0 Å². The molecular weight excluding hydrogens is 221 g/mol. The van der Waals surface area contributed by atoms with Gasteiger partial charge in [-0.3, -0.25) is 0 Å². The molecule has 0 radical (unpaired) electrons. The van der Waals surface area contributed by atoms with Crippen molar-refractivity contribution in [2.75, 3.05) is 5.32 Å². The number of halogens is 1. The molecule has 86 valence electrons. The Balaban J connectivity index is 3.27. The van der Waals surface area contributed by atoms with Crippen molar-refractivity contribution in [3.8, 4) is 0 Å². The Morgan fingerprint density at radius 2 is 2.06 bits per heavy atom. The van der Waals surface area contributed by atoms with E-state index in [-0.39, 0.29) is 5.82 Å². The lowest BCUT2D eigenvalue weighted by molar-refractivity contribution is 0.630. The van der Waals surface area contributed by atoms with Gasteiger partial charge in [-0.1, -0.05) is 31.3 Å². The van der Waals surface area contributed by atoms with E-state index in [4.69, 9.17) is 12.2 Å². The number of anilines is 1. The van der Waals surface area contributed by atoms with E-state index in [0.29, 0.717) is 10.7 Å². The third-order valence-electron chi connectivity index (χ3n) is 2.34. The first kappa shape index (κ1) is 12.8. The van der Waals surface area contributed by atoms with E-state index in [1.165, 1.54) is 0 Å². The summed E-state index contributed by atoms with van der Waals surface area (Å²) in [4.78, 5) is 0.552. The number of thiocarbonyl (C=S) groups is 1. The highest BCUT2D eigenvalue weighted by Gasteiger charge is 2.09. The van der Waals surface area contributed by atoms with Crippen LogP contribution in [0.25, 0.3) is 5.57 Å². The quantitative estimate of drug-likeness (QED) is 0.791. The van der Waals surface area contributed by atoms with Gasteiger partial charge >= 0.3 is 0 Å². The summed E-state index contributed by atoms with van der Waals surface area (Å²) in [5.41, 5.74) is 3.31. The molecule has 0 amide bonds. The van der Waals surface area contributed by atoms with E-state index in [9.17, 15) is 4.39 Å². The molecule has 0 aliphatic heterocycles. The molecule has 0 atom stereocenters. The minimum atomic E-state index is -0.272. The summed E-state index contributed by atoms with van der Waals surface area (Å²) >= 11 is 4.91. The smallest absolute Gasteiger partial charge is 0.146 e. The molecule has 1 nitrogen and oxygen atoms in total. The second-order valence-electron chi connectivity index (χ2n) is 3.80. The molecule has 1 N–H and O–H groups in total. The van der Waals surface area contributed by atoms with Crippen LogP contribution in [0.15, 0.2) is 18.7 Å². The molecule has 0 saturated carbocycles. The number of aryl methyl sites for hydroxylation is 1. The molecule has 0 spiro atoms. The number of benzene rings is 1. The number of hydrogen-bond acceptors (Lipinski definition) is 1. The molecule has 0 bridgehead atoms. The fourth-order valence-electron chi connectivity index (χ4n) is 1.59. The number of nitrogens with one attached hydrogen (secondary N) is 1. The number of hydrogen-bond donors (Lipinski definition) is 1. The summed E-state index contributed by atoms with van der Waals surface area (Å²) in [6, 6.07) is 3.32. The summed E-state index contributed by atoms with van der Waals surface area (Å²) in [7, 11) is 0. The molecule has 0 aliphatic carbocycles. The van der Waals surface area contributed by atoms with Crippen LogP contribution in [0.1, 0.15) is 31.9 Å². The van der Waals surface area contributed by atoms with Crippen LogP contribution in [0.5, 0.6) is 0 Å². The van der Waals surface area contributed by atoms with Gasteiger partial charge in [0.1, 0.15) is 5.82 Å². The predicted molar refractivity (Wildman–Crippen MR) is 72.4 cm³/mol. The van der Waals surface area contributed by atoms with Gasteiger partial charge in [0, 0.05) is 0 Å². The summed E-state index contributed by atoms with van der Waals surface area (Å²) in [6.07, 6.45) is 0.788. The van der Waals surface area contributed by atoms with Crippen LogP contribution in [0, 0.1) is 5.82 Å². The third-order valence-corrected chi connectivity index (χ3v) is 2.45. The molecule has 1 aromatic rings. The Bertz CT molecular complexity index is 438. The average Bonchev–Trinajstić information content (AvgIpc) is 2.19. The topological polar surface area (TPSA) is 12.0 Å². The van der Waals surface area contributed by atoms with Gasteiger partial charge in [0.2, 0.25) is 0 Å². The van der Waals surface area contributed by atoms with E-state index >= 15 is 0 Å². The third kappa shape index (κ3) is 2.89. The second kappa shape index (κ2) is 5.21. The van der Waals surface area contributed by atoms with Gasteiger partial charge in [-0.05, 0) is 43.5 Å². The van der Waals surface area contributed by atoms with Crippen molar-refractivity contribution in [2.45, 2.75) is 27.2 Å². The molecular formula is C13H16FNS. The van der Waals surface area contributed by atoms with Gasteiger partial charge in [-0.15, -0.1) is 0 Å². The van der Waals surface area contributed by atoms with Crippen LogP contribution >= 0.6 is 12.2 Å². The summed E-state index contributed by atoms with van der Waals surface area (Å²) in [6.45, 7) is 9.54. The molecule has 1 aromatic carbocycles. The molecule has 16 heavy (non-hydrogen) atoms. The van der Waals surface area contributed by atoms with Crippen molar-refractivity contribution in [1.82, 2.24) is 0 Å². The number of allylic oxidation sites excluding steroid dienone is 1. The molecule has 0 aromatic heterocycles. The van der Waals surface area contributed by atoms with E-state index in [0.717, 1.165) is 23.1 Å². The van der Waals surface area contributed by atoms with Crippen LogP contribution in [0.4, 0.5) is 10.1 Å². The first-order valence-electron chi connectivity index (χ1n) is 5.21. The molecule has 0 saturated heterocycles. The first-order chi connectivity index (χ1) is 7.45.